The predicted octanol–water partition coefficient (Wildman–Crippen LogP) is 3.01. The van der Waals surface area contributed by atoms with Gasteiger partial charge >= 0.3 is 5.97 Å². The van der Waals surface area contributed by atoms with Gasteiger partial charge < -0.3 is 10.2 Å². The van der Waals surface area contributed by atoms with Crippen LogP contribution in [0.5, 0.6) is 5.75 Å². The molecule has 0 radical (unpaired) electrons. The van der Waals surface area contributed by atoms with E-state index >= 15 is 0 Å². The number of halogens is 1. The summed E-state index contributed by atoms with van der Waals surface area (Å²) in [6.07, 6.45) is 2.24. The molecule has 16 heavy (non-hydrogen) atoms. The van der Waals surface area contributed by atoms with Gasteiger partial charge in [0.25, 0.3) is 0 Å². The predicted molar refractivity (Wildman–Crippen MR) is 60.8 cm³/mol. The van der Waals surface area contributed by atoms with Crippen molar-refractivity contribution >= 4 is 17.6 Å². The van der Waals surface area contributed by atoms with Crippen LogP contribution in [0.3, 0.4) is 0 Å². The molecule has 1 atom stereocenters. The summed E-state index contributed by atoms with van der Waals surface area (Å²) in [5.74, 6) is -0.289. The fourth-order valence-electron chi connectivity index (χ4n) is 2.03. The van der Waals surface area contributed by atoms with E-state index in [0.717, 1.165) is 18.4 Å². The normalized spacial score (nSPS) is 17.1. The minimum absolute atomic E-state index is 0.0226. The van der Waals surface area contributed by atoms with E-state index in [9.17, 15) is 9.90 Å². The lowest BCUT2D eigenvalue weighted by atomic mass is 9.91. The summed E-state index contributed by atoms with van der Waals surface area (Å²) in [7, 11) is 0. The Labute approximate surface area is 98.7 Å². The number of aromatic hydroxyl groups is 1. The molecular formula is C12H13ClO3. The highest BCUT2D eigenvalue weighted by Crippen LogP contribution is 2.46. The van der Waals surface area contributed by atoms with Gasteiger partial charge in [0.15, 0.2) is 0 Å². The van der Waals surface area contributed by atoms with Crippen LogP contribution in [0.2, 0.25) is 5.02 Å². The van der Waals surface area contributed by atoms with Crippen LogP contribution in [0, 0.1) is 5.92 Å². The first-order valence-corrected chi connectivity index (χ1v) is 5.66. The maximum absolute atomic E-state index is 10.8. The Morgan fingerprint density at radius 1 is 1.50 bits per heavy atom. The fourth-order valence-corrected chi connectivity index (χ4v) is 2.35. The molecule has 86 valence electrons. The van der Waals surface area contributed by atoms with Crippen molar-refractivity contribution in [3.63, 3.8) is 0 Å². The summed E-state index contributed by atoms with van der Waals surface area (Å²) in [5, 5.41) is 18.6. The molecule has 0 aromatic heterocycles. The summed E-state index contributed by atoms with van der Waals surface area (Å²) in [6.45, 7) is 0. The van der Waals surface area contributed by atoms with Gasteiger partial charge in [0.1, 0.15) is 5.75 Å². The Balaban J connectivity index is 2.27. The number of hydrogen-bond acceptors (Lipinski definition) is 2. The lowest BCUT2D eigenvalue weighted by Crippen LogP contribution is -2.08. The number of carboxylic acid groups (broad SMARTS) is 1. The molecule has 0 saturated heterocycles. The minimum atomic E-state index is -0.805. The topological polar surface area (TPSA) is 57.5 Å². The van der Waals surface area contributed by atoms with Crippen LogP contribution in [-0.4, -0.2) is 16.2 Å². The lowest BCUT2D eigenvalue weighted by molar-refractivity contribution is -0.137. The van der Waals surface area contributed by atoms with Crippen molar-refractivity contribution in [2.45, 2.75) is 25.2 Å². The van der Waals surface area contributed by atoms with E-state index in [2.05, 4.69) is 0 Å². The number of benzene rings is 1. The summed E-state index contributed by atoms with van der Waals surface area (Å²) in [6, 6.07) is 4.75. The fraction of sp³-hybridized carbons (Fsp3) is 0.417. The molecule has 0 heterocycles. The van der Waals surface area contributed by atoms with Gasteiger partial charge in [-0.2, -0.15) is 0 Å². The molecule has 0 spiro atoms. The van der Waals surface area contributed by atoms with Crippen LogP contribution >= 0.6 is 11.6 Å². The van der Waals surface area contributed by atoms with Crippen LogP contribution in [0.4, 0.5) is 0 Å². The molecule has 0 bridgehead atoms. The van der Waals surface area contributed by atoms with Gasteiger partial charge in [0, 0.05) is 5.02 Å². The molecular weight excluding hydrogens is 228 g/mol. The van der Waals surface area contributed by atoms with E-state index in [1.807, 2.05) is 0 Å². The number of carbonyl (C=O) groups is 1. The average molecular weight is 241 g/mol. The Bertz CT molecular complexity index is 413. The standard InChI is InChI=1S/C12H13ClO3/c13-11-5-8(14)3-4-9(11)10(6-12(15)16)7-1-2-7/h3-5,7,10,14H,1-2,6H2,(H,15,16). The molecule has 0 aliphatic heterocycles. The molecule has 1 aliphatic carbocycles. The first-order valence-electron chi connectivity index (χ1n) is 5.28. The van der Waals surface area contributed by atoms with Crippen molar-refractivity contribution in [3.8, 4) is 5.75 Å². The highest BCUT2D eigenvalue weighted by molar-refractivity contribution is 6.31. The number of carboxylic acids is 1. The van der Waals surface area contributed by atoms with Gasteiger partial charge in [0.05, 0.1) is 6.42 Å². The number of phenols is 1. The Morgan fingerprint density at radius 3 is 2.69 bits per heavy atom. The molecule has 3 nitrogen and oxygen atoms in total. The van der Waals surface area contributed by atoms with Crippen LogP contribution in [0.15, 0.2) is 18.2 Å². The second-order valence-corrected chi connectivity index (χ2v) is 4.65. The Morgan fingerprint density at radius 2 is 2.19 bits per heavy atom. The maximum Gasteiger partial charge on any atom is 0.303 e. The van der Waals surface area contributed by atoms with E-state index in [1.54, 1.807) is 12.1 Å². The van der Waals surface area contributed by atoms with Crippen molar-refractivity contribution in [1.29, 1.82) is 0 Å². The van der Waals surface area contributed by atoms with Gasteiger partial charge in [-0.05, 0) is 42.4 Å². The van der Waals surface area contributed by atoms with Gasteiger partial charge in [-0.25, -0.2) is 0 Å². The highest BCUT2D eigenvalue weighted by Gasteiger charge is 2.34. The summed E-state index contributed by atoms with van der Waals surface area (Å²) < 4.78 is 0. The van der Waals surface area contributed by atoms with Crippen LogP contribution in [-0.2, 0) is 4.79 Å². The summed E-state index contributed by atoms with van der Waals surface area (Å²) in [5.41, 5.74) is 0.837. The van der Waals surface area contributed by atoms with Crippen molar-refractivity contribution in [1.82, 2.24) is 0 Å². The van der Waals surface area contributed by atoms with Gasteiger partial charge in [-0.1, -0.05) is 17.7 Å². The molecule has 1 aromatic carbocycles. The first-order chi connectivity index (χ1) is 7.58. The molecule has 1 aliphatic rings. The SMILES string of the molecule is O=C(O)CC(c1ccc(O)cc1Cl)C1CC1. The molecule has 1 saturated carbocycles. The number of rotatable bonds is 4. The summed E-state index contributed by atoms with van der Waals surface area (Å²) in [4.78, 5) is 10.8. The minimum Gasteiger partial charge on any atom is -0.508 e. The van der Waals surface area contributed by atoms with E-state index in [1.165, 1.54) is 6.07 Å². The van der Waals surface area contributed by atoms with Crippen molar-refractivity contribution in [2.75, 3.05) is 0 Å². The molecule has 4 heteroatoms. The molecule has 2 N–H and O–H groups in total. The zero-order valence-corrected chi connectivity index (χ0v) is 9.44. The zero-order valence-electron chi connectivity index (χ0n) is 8.69. The third-order valence-corrected chi connectivity index (χ3v) is 3.30. The second-order valence-electron chi connectivity index (χ2n) is 4.25. The quantitative estimate of drug-likeness (QED) is 0.851. The van der Waals surface area contributed by atoms with E-state index in [0.29, 0.717) is 10.9 Å². The van der Waals surface area contributed by atoms with Gasteiger partial charge in [-0.15, -0.1) is 0 Å². The Hall–Kier alpha value is -1.22. The second kappa shape index (κ2) is 4.34. The van der Waals surface area contributed by atoms with Crippen molar-refractivity contribution < 1.29 is 15.0 Å². The van der Waals surface area contributed by atoms with E-state index in [4.69, 9.17) is 16.7 Å². The number of aliphatic carboxylic acids is 1. The smallest absolute Gasteiger partial charge is 0.303 e. The van der Waals surface area contributed by atoms with Crippen molar-refractivity contribution in [3.05, 3.63) is 28.8 Å². The number of phenolic OH excluding ortho intramolecular Hbond substituents is 1. The monoisotopic (exact) mass is 240 g/mol. The number of hydrogen-bond donors (Lipinski definition) is 2. The highest BCUT2D eigenvalue weighted by atomic mass is 35.5. The van der Waals surface area contributed by atoms with Gasteiger partial charge in [-0.3, -0.25) is 4.79 Å². The van der Waals surface area contributed by atoms with Crippen molar-refractivity contribution in [2.24, 2.45) is 5.92 Å². The molecule has 1 unspecified atom stereocenters. The van der Waals surface area contributed by atoms with E-state index < -0.39 is 5.97 Å². The average Bonchev–Trinajstić information content (AvgIpc) is 2.97. The molecule has 1 fully saturated rings. The Kier molecular flexibility index (Phi) is 3.06. The van der Waals surface area contributed by atoms with Crippen LogP contribution in [0.1, 0.15) is 30.7 Å². The van der Waals surface area contributed by atoms with Crippen LogP contribution in [0.25, 0.3) is 0 Å². The zero-order chi connectivity index (χ0) is 11.7. The van der Waals surface area contributed by atoms with E-state index in [-0.39, 0.29) is 18.1 Å². The molecule has 2 rings (SSSR count). The van der Waals surface area contributed by atoms with Gasteiger partial charge in [0.2, 0.25) is 0 Å². The first kappa shape index (κ1) is 11.3. The third-order valence-electron chi connectivity index (χ3n) is 2.97. The largest absolute Gasteiger partial charge is 0.508 e. The third kappa shape index (κ3) is 2.47. The molecule has 1 aromatic rings. The summed E-state index contributed by atoms with van der Waals surface area (Å²) >= 11 is 6.03. The maximum atomic E-state index is 10.8. The van der Waals surface area contributed by atoms with Crippen LogP contribution < -0.4 is 0 Å². The molecule has 0 amide bonds. The lowest BCUT2D eigenvalue weighted by Gasteiger charge is -2.16.